The highest BCUT2D eigenvalue weighted by atomic mass is 19.1. The normalized spacial score (nSPS) is 16.2. The Balaban J connectivity index is 1.75. The summed E-state index contributed by atoms with van der Waals surface area (Å²) in [5.41, 5.74) is 2.00. The van der Waals surface area contributed by atoms with Crippen molar-refractivity contribution in [1.82, 2.24) is 0 Å². The number of anilines is 2. The van der Waals surface area contributed by atoms with Crippen LogP contribution in [0.2, 0.25) is 0 Å². The van der Waals surface area contributed by atoms with Gasteiger partial charge in [0, 0.05) is 18.2 Å². The highest BCUT2D eigenvalue weighted by Crippen LogP contribution is 2.26. The number of hydrogen-bond donors (Lipinski definition) is 2. The van der Waals surface area contributed by atoms with Crippen LogP contribution in [0.15, 0.2) is 36.4 Å². The molecular weight excluding hydrogens is 274 g/mol. The van der Waals surface area contributed by atoms with Crippen molar-refractivity contribution in [3.63, 3.8) is 0 Å². The average molecular weight is 288 g/mol. The first kappa shape index (κ1) is 13.5. The monoisotopic (exact) mass is 288 g/mol. The van der Waals surface area contributed by atoms with E-state index in [1.807, 2.05) is 24.3 Å². The molecule has 1 aliphatic rings. The van der Waals surface area contributed by atoms with Crippen LogP contribution in [0.5, 0.6) is 0 Å². The summed E-state index contributed by atoms with van der Waals surface area (Å²) in [4.78, 5) is 12.2. The molecule has 0 bridgehead atoms. The second-order valence-corrected chi connectivity index (χ2v) is 5.13. The van der Waals surface area contributed by atoms with Gasteiger partial charge in [-0.2, -0.15) is 0 Å². The highest BCUT2D eigenvalue weighted by Gasteiger charge is 2.27. The van der Waals surface area contributed by atoms with Crippen molar-refractivity contribution in [2.75, 3.05) is 10.6 Å². The molecule has 0 aliphatic carbocycles. The van der Waals surface area contributed by atoms with E-state index in [4.69, 9.17) is 0 Å². The zero-order valence-corrected chi connectivity index (χ0v) is 11.4. The summed E-state index contributed by atoms with van der Waals surface area (Å²) in [7, 11) is 0. The van der Waals surface area contributed by atoms with Crippen LogP contribution in [-0.4, -0.2) is 11.9 Å². The van der Waals surface area contributed by atoms with Gasteiger partial charge < -0.3 is 10.6 Å². The van der Waals surface area contributed by atoms with Gasteiger partial charge in [-0.05, 0) is 30.2 Å². The van der Waals surface area contributed by atoms with E-state index in [2.05, 4.69) is 10.6 Å². The third kappa shape index (κ3) is 2.59. The number of rotatable bonds is 2. The maximum absolute atomic E-state index is 13.7. The van der Waals surface area contributed by atoms with Crippen molar-refractivity contribution in [3.8, 4) is 0 Å². The lowest BCUT2D eigenvalue weighted by atomic mass is 10.1. The van der Waals surface area contributed by atoms with Crippen molar-refractivity contribution >= 4 is 17.3 Å². The van der Waals surface area contributed by atoms with Crippen LogP contribution in [0.3, 0.4) is 0 Å². The topological polar surface area (TPSA) is 41.1 Å². The first-order valence-electron chi connectivity index (χ1n) is 6.65. The lowest BCUT2D eigenvalue weighted by molar-refractivity contribution is -0.116. The molecule has 21 heavy (non-hydrogen) atoms. The molecule has 0 fully saturated rings. The van der Waals surface area contributed by atoms with E-state index in [1.165, 1.54) is 6.92 Å². The number of nitrogens with one attached hydrogen (secondary N) is 2. The molecule has 0 radical (unpaired) electrons. The zero-order valence-electron chi connectivity index (χ0n) is 11.4. The van der Waals surface area contributed by atoms with Gasteiger partial charge in [-0.15, -0.1) is 0 Å². The van der Waals surface area contributed by atoms with Crippen LogP contribution in [0.25, 0.3) is 0 Å². The summed E-state index contributed by atoms with van der Waals surface area (Å²) in [6.07, 6.45) is 0.526. The maximum atomic E-state index is 13.7. The fraction of sp³-hybridized carbons (Fsp3) is 0.188. The molecule has 108 valence electrons. The van der Waals surface area contributed by atoms with Gasteiger partial charge in [0.25, 0.3) is 0 Å². The second-order valence-electron chi connectivity index (χ2n) is 5.13. The second kappa shape index (κ2) is 5.16. The number of benzene rings is 2. The van der Waals surface area contributed by atoms with Gasteiger partial charge in [0.15, 0.2) is 0 Å². The Labute approximate surface area is 121 Å². The largest absolute Gasteiger partial charge is 0.373 e. The molecular formula is C16H14F2N2O. The number of amides is 1. The third-order valence-electron chi connectivity index (χ3n) is 3.59. The van der Waals surface area contributed by atoms with Crippen molar-refractivity contribution in [2.45, 2.75) is 19.4 Å². The molecule has 1 amide bonds. The van der Waals surface area contributed by atoms with E-state index in [9.17, 15) is 13.6 Å². The average Bonchev–Trinajstić information content (AvgIpc) is 2.88. The summed E-state index contributed by atoms with van der Waals surface area (Å²) in [6, 6.07) is 9.19. The van der Waals surface area contributed by atoms with E-state index >= 15 is 0 Å². The van der Waals surface area contributed by atoms with Gasteiger partial charge in [0.1, 0.15) is 17.7 Å². The number of aryl methyl sites for hydroxylation is 1. The summed E-state index contributed by atoms with van der Waals surface area (Å²) in [6.45, 7) is 1.47. The molecule has 2 N–H and O–H groups in total. The summed E-state index contributed by atoms with van der Waals surface area (Å²) >= 11 is 0. The molecule has 1 atom stereocenters. The minimum Gasteiger partial charge on any atom is -0.373 e. The Kier molecular flexibility index (Phi) is 3.33. The molecule has 1 aliphatic heterocycles. The van der Waals surface area contributed by atoms with Crippen LogP contribution in [-0.2, 0) is 11.2 Å². The number of halogens is 2. The molecule has 3 rings (SSSR count). The van der Waals surface area contributed by atoms with Crippen LogP contribution in [0.4, 0.5) is 20.2 Å². The van der Waals surface area contributed by atoms with Gasteiger partial charge in [-0.25, -0.2) is 8.78 Å². The Morgan fingerprint density at radius 1 is 1.24 bits per heavy atom. The number of fused-ring (bicyclic) bond motifs is 1. The Morgan fingerprint density at radius 2 is 2.00 bits per heavy atom. The van der Waals surface area contributed by atoms with E-state index in [-0.39, 0.29) is 17.2 Å². The van der Waals surface area contributed by atoms with Gasteiger partial charge in [-0.3, -0.25) is 4.79 Å². The first-order chi connectivity index (χ1) is 10.0. The van der Waals surface area contributed by atoms with Crippen molar-refractivity contribution in [2.24, 2.45) is 0 Å². The van der Waals surface area contributed by atoms with Crippen molar-refractivity contribution in [3.05, 3.63) is 59.2 Å². The van der Waals surface area contributed by atoms with Crippen molar-refractivity contribution < 1.29 is 13.6 Å². The molecule has 1 heterocycles. The third-order valence-corrected chi connectivity index (χ3v) is 3.59. The molecule has 0 unspecified atom stereocenters. The quantitative estimate of drug-likeness (QED) is 0.890. The van der Waals surface area contributed by atoms with Crippen molar-refractivity contribution in [1.29, 1.82) is 0 Å². The standard InChI is InChI=1S/C16H14F2N2O/c1-9-6-12(18)14(8-11(9)17)20-16(21)15-7-10-4-2-3-5-13(10)19-15/h2-6,8,15,19H,7H2,1H3,(H,20,21)/t15-/m0/s1. The molecule has 0 saturated heterocycles. The van der Waals surface area contributed by atoms with Gasteiger partial charge >= 0.3 is 0 Å². The SMILES string of the molecule is Cc1cc(F)c(NC(=O)[C@@H]2Cc3ccccc3N2)cc1F. The first-order valence-corrected chi connectivity index (χ1v) is 6.65. The van der Waals surface area contributed by atoms with Crippen LogP contribution < -0.4 is 10.6 Å². The van der Waals surface area contributed by atoms with Crippen LogP contribution in [0.1, 0.15) is 11.1 Å². The molecule has 0 saturated carbocycles. The van der Waals surface area contributed by atoms with Gasteiger partial charge in [0.2, 0.25) is 5.91 Å². The predicted octanol–water partition coefficient (Wildman–Crippen LogP) is 3.25. The number of carbonyl (C=O) groups excluding carboxylic acids is 1. The fourth-order valence-corrected chi connectivity index (χ4v) is 2.42. The van der Waals surface area contributed by atoms with E-state index < -0.39 is 17.7 Å². The Hall–Kier alpha value is -2.43. The smallest absolute Gasteiger partial charge is 0.247 e. The molecule has 0 spiro atoms. The van der Waals surface area contributed by atoms with Crippen LogP contribution in [0, 0.1) is 18.6 Å². The summed E-state index contributed by atoms with van der Waals surface area (Å²) in [5, 5.41) is 5.51. The summed E-state index contributed by atoms with van der Waals surface area (Å²) in [5.74, 6) is -1.57. The number of para-hydroxylation sites is 1. The fourth-order valence-electron chi connectivity index (χ4n) is 2.42. The lowest BCUT2D eigenvalue weighted by Gasteiger charge is -2.13. The molecule has 5 heteroatoms. The van der Waals surface area contributed by atoms with Gasteiger partial charge in [-0.1, -0.05) is 18.2 Å². The minimum absolute atomic E-state index is 0.138. The van der Waals surface area contributed by atoms with Crippen LogP contribution >= 0.6 is 0 Å². The van der Waals surface area contributed by atoms with E-state index in [0.29, 0.717) is 6.42 Å². The number of hydrogen-bond acceptors (Lipinski definition) is 2. The highest BCUT2D eigenvalue weighted by molar-refractivity contribution is 5.98. The maximum Gasteiger partial charge on any atom is 0.247 e. The number of carbonyl (C=O) groups is 1. The molecule has 0 aromatic heterocycles. The molecule has 2 aromatic carbocycles. The lowest BCUT2D eigenvalue weighted by Crippen LogP contribution is -2.33. The van der Waals surface area contributed by atoms with E-state index in [1.54, 1.807) is 0 Å². The molecule has 3 nitrogen and oxygen atoms in total. The van der Waals surface area contributed by atoms with E-state index in [0.717, 1.165) is 23.4 Å². The Bertz CT molecular complexity index is 690. The van der Waals surface area contributed by atoms with Gasteiger partial charge in [0.05, 0.1) is 5.69 Å². The minimum atomic E-state index is -0.641. The molecule has 2 aromatic rings. The zero-order chi connectivity index (χ0) is 15.0. The summed E-state index contributed by atoms with van der Waals surface area (Å²) < 4.78 is 27.2. The predicted molar refractivity (Wildman–Crippen MR) is 77.3 cm³/mol. The Morgan fingerprint density at radius 3 is 2.76 bits per heavy atom.